The average Bonchev–Trinajstić information content (AvgIpc) is 2.65. The number of thiocarbonyl (C=S) groups is 1. The lowest BCUT2D eigenvalue weighted by Gasteiger charge is -2.36. The van der Waals surface area contributed by atoms with Gasteiger partial charge in [0.15, 0.2) is 0 Å². The number of aliphatic imine (C=N–C) groups is 1. The predicted octanol–water partition coefficient (Wildman–Crippen LogP) is 4.88. The molecule has 1 aliphatic heterocycles. The second kappa shape index (κ2) is 16.6. The van der Waals surface area contributed by atoms with Crippen molar-refractivity contribution in [3.05, 3.63) is 24.3 Å². The van der Waals surface area contributed by atoms with Crippen LogP contribution < -0.4 is 4.90 Å². The molecule has 0 spiro atoms. The fourth-order valence-corrected chi connectivity index (χ4v) is 2.35. The molecule has 0 atom stereocenters. The molecule has 0 radical (unpaired) electrons. The lowest BCUT2D eigenvalue weighted by molar-refractivity contribution is 0.144. The normalized spacial score (nSPS) is 13.3. The van der Waals surface area contributed by atoms with Gasteiger partial charge in [-0.2, -0.15) is 4.99 Å². The molecule has 1 fully saturated rings. The molecule has 1 heterocycles. The summed E-state index contributed by atoms with van der Waals surface area (Å²) in [6.07, 6.45) is 0. The van der Waals surface area contributed by atoms with Gasteiger partial charge in [-0.25, -0.2) is 0 Å². The molecule has 1 saturated heterocycles. The van der Waals surface area contributed by atoms with E-state index in [0.717, 1.165) is 45.0 Å². The van der Waals surface area contributed by atoms with E-state index in [2.05, 4.69) is 44.3 Å². The molecular weight excluding hydrogens is 318 g/mol. The SMILES string of the molecule is C.CC.CC.COCCN1CCN(c2ccc(N=C=S)cc2)CC1. The summed E-state index contributed by atoms with van der Waals surface area (Å²) in [6.45, 7) is 14.1. The summed E-state index contributed by atoms with van der Waals surface area (Å²) in [4.78, 5) is 8.80. The van der Waals surface area contributed by atoms with Crippen molar-refractivity contribution in [2.45, 2.75) is 35.1 Å². The molecular formula is C19H35N3OS. The van der Waals surface area contributed by atoms with Crippen LogP contribution in [0.4, 0.5) is 11.4 Å². The first-order valence-electron chi connectivity index (χ1n) is 8.47. The third-order valence-corrected chi connectivity index (χ3v) is 3.46. The van der Waals surface area contributed by atoms with E-state index in [9.17, 15) is 0 Å². The Morgan fingerprint density at radius 2 is 1.58 bits per heavy atom. The molecule has 138 valence electrons. The lowest BCUT2D eigenvalue weighted by atomic mass is 10.2. The molecule has 24 heavy (non-hydrogen) atoms. The van der Waals surface area contributed by atoms with Gasteiger partial charge in [-0.3, -0.25) is 4.90 Å². The first-order valence-corrected chi connectivity index (χ1v) is 8.88. The van der Waals surface area contributed by atoms with Crippen LogP contribution in [0.3, 0.4) is 0 Å². The molecule has 0 amide bonds. The Balaban J connectivity index is 0. The minimum absolute atomic E-state index is 0. The van der Waals surface area contributed by atoms with E-state index in [-0.39, 0.29) is 7.43 Å². The number of piperazine rings is 1. The van der Waals surface area contributed by atoms with E-state index >= 15 is 0 Å². The van der Waals surface area contributed by atoms with Crippen molar-refractivity contribution in [3.63, 3.8) is 0 Å². The van der Waals surface area contributed by atoms with Gasteiger partial charge in [0.05, 0.1) is 17.5 Å². The topological polar surface area (TPSA) is 28.1 Å². The number of ether oxygens (including phenoxy) is 1. The average molecular weight is 354 g/mol. The van der Waals surface area contributed by atoms with Crippen LogP contribution in [-0.2, 0) is 4.74 Å². The summed E-state index contributed by atoms with van der Waals surface area (Å²) in [5, 5.41) is 2.38. The van der Waals surface area contributed by atoms with Gasteiger partial charge in [0.25, 0.3) is 0 Å². The van der Waals surface area contributed by atoms with Crippen LogP contribution in [0.1, 0.15) is 35.1 Å². The predicted molar refractivity (Wildman–Crippen MR) is 111 cm³/mol. The minimum Gasteiger partial charge on any atom is -0.383 e. The van der Waals surface area contributed by atoms with Crippen LogP contribution in [0.25, 0.3) is 0 Å². The molecule has 5 heteroatoms. The number of isothiocyanates is 1. The summed E-state index contributed by atoms with van der Waals surface area (Å²) in [5.74, 6) is 0. The highest BCUT2D eigenvalue weighted by molar-refractivity contribution is 7.78. The number of rotatable bonds is 5. The Hall–Kier alpha value is -1.26. The zero-order valence-corrected chi connectivity index (χ0v) is 16.0. The van der Waals surface area contributed by atoms with Crippen molar-refractivity contribution in [1.29, 1.82) is 0 Å². The van der Waals surface area contributed by atoms with Gasteiger partial charge in [-0.1, -0.05) is 35.1 Å². The number of hydrogen-bond donors (Lipinski definition) is 0. The highest BCUT2D eigenvalue weighted by atomic mass is 32.1. The molecule has 0 saturated carbocycles. The van der Waals surface area contributed by atoms with Crippen molar-refractivity contribution < 1.29 is 4.74 Å². The van der Waals surface area contributed by atoms with Gasteiger partial charge in [0.1, 0.15) is 0 Å². The second-order valence-electron chi connectivity index (χ2n) is 4.54. The maximum atomic E-state index is 5.11. The summed E-state index contributed by atoms with van der Waals surface area (Å²) in [5.41, 5.74) is 2.10. The molecule has 2 rings (SSSR count). The van der Waals surface area contributed by atoms with Gasteiger partial charge in [0.2, 0.25) is 0 Å². The minimum atomic E-state index is 0. The molecule has 1 aromatic rings. The Morgan fingerprint density at radius 1 is 1.04 bits per heavy atom. The van der Waals surface area contributed by atoms with Gasteiger partial charge in [0, 0.05) is 45.5 Å². The van der Waals surface area contributed by atoms with E-state index in [1.165, 1.54) is 5.69 Å². The summed E-state index contributed by atoms with van der Waals surface area (Å²) in [6, 6.07) is 8.14. The van der Waals surface area contributed by atoms with Crippen molar-refractivity contribution in [2.24, 2.45) is 4.99 Å². The summed E-state index contributed by atoms with van der Waals surface area (Å²) in [7, 11) is 1.75. The van der Waals surface area contributed by atoms with Crippen LogP contribution in [0.5, 0.6) is 0 Å². The standard InChI is InChI=1S/C14H19N3OS.2C2H6.CH4/c1-18-11-10-16-6-8-17(9-7-16)14-4-2-13(3-5-14)15-12-19;2*1-2;/h2-5H,6-11H2,1H3;2*1-2H3;1H4. The Bertz CT molecular complexity index is 436. The van der Waals surface area contributed by atoms with Crippen LogP contribution in [0.15, 0.2) is 29.3 Å². The number of hydrogen-bond acceptors (Lipinski definition) is 5. The molecule has 1 aromatic carbocycles. The summed E-state index contributed by atoms with van der Waals surface area (Å²) < 4.78 is 5.11. The van der Waals surface area contributed by atoms with Crippen molar-refractivity contribution in [2.75, 3.05) is 51.3 Å². The van der Waals surface area contributed by atoms with Gasteiger partial charge in [-0.15, -0.1) is 0 Å². The fourth-order valence-electron chi connectivity index (χ4n) is 2.24. The van der Waals surface area contributed by atoms with Gasteiger partial charge >= 0.3 is 0 Å². The highest BCUT2D eigenvalue weighted by Gasteiger charge is 2.16. The van der Waals surface area contributed by atoms with Crippen molar-refractivity contribution in [1.82, 2.24) is 4.90 Å². The smallest absolute Gasteiger partial charge is 0.0741 e. The van der Waals surface area contributed by atoms with Crippen LogP contribution >= 0.6 is 12.2 Å². The van der Waals surface area contributed by atoms with E-state index in [4.69, 9.17) is 4.74 Å². The number of methoxy groups -OCH3 is 1. The Morgan fingerprint density at radius 3 is 2.04 bits per heavy atom. The fraction of sp³-hybridized carbons (Fsp3) is 0.632. The maximum absolute atomic E-state index is 5.11. The molecule has 0 bridgehead atoms. The van der Waals surface area contributed by atoms with Gasteiger partial charge in [-0.05, 0) is 36.5 Å². The molecule has 1 aliphatic rings. The molecule has 0 aromatic heterocycles. The van der Waals surface area contributed by atoms with Crippen LogP contribution in [0, 0.1) is 0 Å². The van der Waals surface area contributed by atoms with E-state index in [1.807, 2.05) is 39.8 Å². The Kier molecular flexibility index (Phi) is 17.3. The van der Waals surface area contributed by atoms with Crippen molar-refractivity contribution in [3.8, 4) is 0 Å². The van der Waals surface area contributed by atoms with E-state index in [1.54, 1.807) is 7.11 Å². The largest absolute Gasteiger partial charge is 0.383 e. The highest BCUT2D eigenvalue weighted by Crippen LogP contribution is 2.20. The van der Waals surface area contributed by atoms with Crippen molar-refractivity contribution >= 4 is 28.8 Å². The van der Waals surface area contributed by atoms with E-state index < -0.39 is 0 Å². The van der Waals surface area contributed by atoms with Crippen LogP contribution in [0.2, 0.25) is 0 Å². The third kappa shape index (κ3) is 9.14. The molecule has 0 unspecified atom stereocenters. The quantitative estimate of drug-likeness (QED) is 0.557. The Labute approximate surface area is 154 Å². The number of nitrogens with zero attached hydrogens (tertiary/aromatic N) is 3. The monoisotopic (exact) mass is 353 g/mol. The second-order valence-corrected chi connectivity index (χ2v) is 4.72. The van der Waals surface area contributed by atoms with E-state index in [0.29, 0.717) is 0 Å². The molecule has 0 aliphatic carbocycles. The first kappa shape index (κ1) is 25.0. The molecule has 0 N–H and O–H groups in total. The van der Waals surface area contributed by atoms with Crippen LogP contribution in [-0.4, -0.2) is 56.5 Å². The number of anilines is 1. The third-order valence-electron chi connectivity index (χ3n) is 3.37. The first-order chi connectivity index (χ1) is 11.3. The molecule has 4 nitrogen and oxygen atoms in total. The number of benzene rings is 1. The maximum Gasteiger partial charge on any atom is 0.0741 e. The lowest BCUT2D eigenvalue weighted by Crippen LogP contribution is -2.47. The zero-order chi connectivity index (χ0) is 17.5. The van der Waals surface area contributed by atoms with Gasteiger partial charge < -0.3 is 9.64 Å². The summed E-state index contributed by atoms with van der Waals surface area (Å²) >= 11 is 4.60. The zero-order valence-electron chi connectivity index (χ0n) is 15.2.